The summed E-state index contributed by atoms with van der Waals surface area (Å²) >= 11 is 0. The molecule has 0 bridgehead atoms. The molecule has 1 aliphatic rings. The molecule has 190 valence electrons. The first-order valence-corrected chi connectivity index (χ1v) is 13.9. The first kappa shape index (κ1) is 23.0. The van der Waals surface area contributed by atoms with Crippen LogP contribution in [-0.4, -0.2) is 9.55 Å². The molecule has 0 radical (unpaired) electrons. The van der Waals surface area contributed by atoms with Gasteiger partial charge in [0.1, 0.15) is 0 Å². The summed E-state index contributed by atoms with van der Waals surface area (Å²) in [5, 5.41) is 1.21. The molecule has 0 N–H and O–H groups in total. The molecule has 0 unspecified atom stereocenters. The molecule has 0 saturated carbocycles. The van der Waals surface area contributed by atoms with Gasteiger partial charge in [-0.3, -0.25) is 4.98 Å². The van der Waals surface area contributed by atoms with Crippen molar-refractivity contribution in [2.45, 2.75) is 19.3 Å². The van der Waals surface area contributed by atoms with Crippen LogP contribution in [0, 0.1) is 0 Å². The Kier molecular flexibility index (Phi) is 4.90. The van der Waals surface area contributed by atoms with E-state index in [-0.39, 0.29) is 5.41 Å². The SMILES string of the molecule is CC1(C)c2ccccc2-n2c3cccnc3c3cc(-c4cc(-c5ccccc5)cc(-c5ccccc5)c4)cc1c32. The van der Waals surface area contributed by atoms with Crippen molar-refractivity contribution in [1.29, 1.82) is 0 Å². The highest BCUT2D eigenvalue weighted by Crippen LogP contribution is 2.48. The van der Waals surface area contributed by atoms with Crippen molar-refractivity contribution in [3.05, 3.63) is 145 Å². The molecule has 1 aliphatic heterocycles. The van der Waals surface area contributed by atoms with E-state index >= 15 is 0 Å². The van der Waals surface area contributed by atoms with Gasteiger partial charge in [0, 0.05) is 17.0 Å². The Morgan fingerprint density at radius 3 is 1.77 bits per heavy atom. The Balaban J connectivity index is 1.46. The molecule has 0 saturated heterocycles. The highest BCUT2D eigenvalue weighted by atomic mass is 15.0. The Morgan fingerprint density at radius 2 is 1.10 bits per heavy atom. The van der Waals surface area contributed by atoms with Gasteiger partial charge < -0.3 is 4.57 Å². The van der Waals surface area contributed by atoms with E-state index in [2.05, 4.69) is 140 Å². The lowest BCUT2D eigenvalue weighted by atomic mass is 9.74. The molecule has 3 heterocycles. The molecule has 2 heteroatoms. The summed E-state index contributed by atoms with van der Waals surface area (Å²) in [5.74, 6) is 0. The fraction of sp³-hybridized carbons (Fsp3) is 0.0789. The zero-order chi connectivity index (χ0) is 26.8. The van der Waals surface area contributed by atoms with E-state index in [1.807, 2.05) is 12.3 Å². The Bertz CT molecular complexity index is 2010. The maximum absolute atomic E-state index is 4.91. The van der Waals surface area contributed by atoms with Gasteiger partial charge >= 0.3 is 0 Å². The van der Waals surface area contributed by atoms with E-state index in [1.54, 1.807) is 0 Å². The van der Waals surface area contributed by atoms with Crippen LogP contribution in [0.1, 0.15) is 25.0 Å². The summed E-state index contributed by atoms with van der Waals surface area (Å²) in [6.45, 7) is 4.71. The second kappa shape index (κ2) is 8.53. The summed E-state index contributed by atoms with van der Waals surface area (Å²) in [7, 11) is 0. The number of hydrogen-bond acceptors (Lipinski definition) is 1. The number of hydrogen-bond donors (Lipinski definition) is 0. The highest BCUT2D eigenvalue weighted by Gasteiger charge is 2.35. The monoisotopic (exact) mass is 512 g/mol. The first-order valence-electron chi connectivity index (χ1n) is 13.9. The van der Waals surface area contributed by atoms with E-state index in [0.29, 0.717) is 0 Å². The molecule has 0 fully saturated rings. The molecule has 2 nitrogen and oxygen atoms in total. The number of pyridine rings is 1. The van der Waals surface area contributed by atoms with Crippen LogP contribution in [0.25, 0.3) is 61.0 Å². The smallest absolute Gasteiger partial charge is 0.0963 e. The molecule has 0 amide bonds. The van der Waals surface area contributed by atoms with Crippen molar-refractivity contribution >= 4 is 21.9 Å². The zero-order valence-corrected chi connectivity index (χ0v) is 22.6. The fourth-order valence-electron chi connectivity index (χ4n) is 6.59. The molecule has 2 aromatic heterocycles. The van der Waals surface area contributed by atoms with E-state index in [0.717, 1.165) is 11.0 Å². The molecule has 7 aromatic rings. The Labute approximate surface area is 234 Å². The maximum atomic E-state index is 4.91. The van der Waals surface area contributed by atoms with Crippen LogP contribution in [0.5, 0.6) is 0 Å². The van der Waals surface area contributed by atoms with E-state index in [1.165, 1.54) is 61.1 Å². The van der Waals surface area contributed by atoms with E-state index < -0.39 is 0 Å². The quantitative estimate of drug-likeness (QED) is 0.230. The van der Waals surface area contributed by atoms with Crippen LogP contribution in [-0.2, 0) is 5.41 Å². The predicted octanol–water partition coefficient (Wildman–Crippen LogP) is 9.82. The second-order valence-corrected chi connectivity index (χ2v) is 11.3. The fourth-order valence-corrected chi connectivity index (χ4v) is 6.59. The minimum Gasteiger partial charge on any atom is -0.307 e. The van der Waals surface area contributed by atoms with Gasteiger partial charge in [-0.15, -0.1) is 0 Å². The minimum absolute atomic E-state index is 0.158. The average molecular weight is 513 g/mol. The third-order valence-electron chi connectivity index (χ3n) is 8.59. The van der Waals surface area contributed by atoms with Gasteiger partial charge in [-0.25, -0.2) is 0 Å². The highest BCUT2D eigenvalue weighted by molar-refractivity contribution is 6.11. The minimum atomic E-state index is -0.158. The van der Waals surface area contributed by atoms with E-state index in [9.17, 15) is 0 Å². The van der Waals surface area contributed by atoms with Crippen LogP contribution >= 0.6 is 0 Å². The Morgan fingerprint density at radius 1 is 0.525 bits per heavy atom. The third kappa shape index (κ3) is 3.32. The molecular formula is C38H28N2. The van der Waals surface area contributed by atoms with Crippen molar-refractivity contribution in [3.8, 4) is 39.1 Å². The van der Waals surface area contributed by atoms with Crippen molar-refractivity contribution in [3.63, 3.8) is 0 Å². The normalized spacial score (nSPS) is 13.4. The second-order valence-electron chi connectivity index (χ2n) is 11.3. The summed E-state index contributed by atoms with van der Waals surface area (Å²) in [6, 6.07) is 46.2. The largest absolute Gasteiger partial charge is 0.307 e. The van der Waals surface area contributed by atoms with Crippen molar-refractivity contribution in [2.24, 2.45) is 0 Å². The number of rotatable bonds is 3. The first-order chi connectivity index (χ1) is 19.6. The number of para-hydroxylation sites is 1. The maximum Gasteiger partial charge on any atom is 0.0963 e. The topological polar surface area (TPSA) is 17.8 Å². The van der Waals surface area contributed by atoms with E-state index in [4.69, 9.17) is 4.98 Å². The lowest BCUT2D eigenvalue weighted by Gasteiger charge is -2.35. The van der Waals surface area contributed by atoms with Gasteiger partial charge in [0.2, 0.25) is 0 Å². The van der Waals surface area contributed by atoms with Crippen molar-refractivity contribution in [2.75, 3.05) is 0 Å². The van der Waals surface area contributed by atoms with Gasteiger partial charge in [0.15, 0.2) is 0 Å². The van der Waals surface area contributed by atoms with Crippen LogP contribution < -0.4 is 0 Å². The van der Waals surface area contributed by atoms with Crippen molar-refractivity contribution < 1.29 is 0 Å². The summed E-state index contributed by atoms with van der Waals surface area (Å²) in [5.41, 5.74) is 14.5. The molecule has 0 atom stereocenters. The van der Waals surface area contributed by atoms with Gasteiger partial charge in [-0.05, 0) is 93.0 Å². The molecular weight excluding hydrogens is 484 g/mol. The predicted molar refractivity (Wildman–Crippen MR) is 167 cm³/mol. The standard InChI is InChI=1S/C38H28N2/c1-38(2)32-16-9-10-17-34(32)40-35-18-11-19-39-36(35)31-23-30(24-33(38)37(31)40)29-21-27(25-12-5-3-6-13-25)20-28(22-29)26-14-7-4-8-15-26/h3-24H,1-2H3. The number of nitrogens with zero attached hydrogens (tertiary/aromatic N) is 2. The average Bonchev–Trinajstić information content (AvgIpc) is 3.35. The summed E-state index contributed by atoms with van der Waals surface area (Å²) < 4.78 is 2.42. The van der Waals surface area contributed by atoms with Gasteiger partial charge in [0.05, 0.1) is 22.2 Å². The van der Waals surface area contributed by atoms with Gasteiger partial charge in [-0.2, -0.15) is 0 Å². The lowest BCUT2D eigenvalue weighted by molar-refractivity contribution is 0.630. The van der Waals surface area contributed by atoms with Crippen LogP contribution in [0.4, 0.5) is 0 Å². The molecule has 0 spiro atoms. The van der Waals surface area contributed by atoms with Gasteiger partial charge in [0.25, 0.3) is 0 Å². The Hall–Kier alpha value is -4.95. The zero-order valence-electron chi connectivity index (χ0n) is 22.6. The summed E-state index contributed by atoms with van der Waals surface area (Å²) in [4.78, 5) is 4.91. The third-order valence-corrected chi connectivity index (χ3v) is 8.59. The molecule has 5 aromatic carbocycles. The van der Waals surface area contributed by atoms with Crippen LogP contribution in [0.3, 0.4) is 0 Å². The van der Waals surface area contributed by atoms with Gasteiger partial charge in [-0.1, -0.05) is 92.7 Å². The lowest BCUT2D eigenvalue weighted by Crippen LogP contribution is -2.26. The number of fused-ring (bicyclic) bond motifs is 5. The molecule has 8 rings (SSSR count). The van der Waals surface area contributed by atoms with Crippen LogP contribution in [0.2, 0.25) is 0 Å². The van der Waals surface area contributed by atoms with Crippen LogP contribution in [0.15, 0.2) is 134 Å². The summed E-state index contributed by atoms with van der Waals surface area (Å²) in [6.07, 6.45) is 1.91. The number of benzene rings is 5. The molecule has 40 heavy (non-hydrogen) atoms. The van der Waals surface area contributed by atoms with Crippen molar-refractivity contribution in [1.82, 2.24) is 9.55 Å². The number of aromatic nitrogens is 2. The molecule has 0 aliphatic carbocycles.